The molecule has 0 bridgehead atoms. The molecule has 0 saturated carbocycles. The first-order chi connectivity index (χ1) is 8.81. The number of aromatic nitrogens is 4. The van der Waals surface area contributed by atoms with Crippen molar-refractivity contribution in [3.05, 3.63) is 42.0 Å². The van der Waals surface area contributed by atoms with E-state index in [0.717, 1.165) is 18.5 Å². The molecule has 2 aromatic heterocycles. The van der Waals surface area contributed by atoms with Crippen LogP contribution in [0.1, 0.15) is 35.8 Å². The fraction of sp³-hybridized carbons (Fsp3) is 0.385. The van der Waals surface area contributed by atoms with Gasteiger partial charge in [-0.2, -0.15) is 0 Å². The Morgan fingerprint density at radius 2 is 2.28 bits per heavy atom. The lowest BCUT2D eigenvalue weighted by atomic mass is 10.1. The molecule has 0 radical (unpaired) electrons. The van der Waals surface area contributed by atoms with Gasteiger partial charge in [-0.3, -0.25) is 9.78 Å². The molecule has 2 heterocycles. The molecular formula is C13H16N4O. The van der Waals surface area contributed by atoms with Crippen molar-refractivity contribution >= 4 is 5.78 Å². The highest BCUT2D eigenvalue weighted by Gasteiger charge is 2.12. The van der Waals surface area contributed by atoms with E-state index in [9.17, 15) is 4.79 Å². The molecule has 2 aromatic rings. The van der Waals surface area contributed by atoms with Crippen LogP contribution in [0, 0.1) is 0 Å². The third-order valence-electron chi connectivity index (χ3n) is 2.70. The predicted octanol–water partition coefficient (Wildman–Crippen LogP) is 1.90. The molecule has 2 rings (SSSR count). The Labute approximate surface area is 106 Å². The quantitative estimate of drug-likeness (QED) is 0.728. The molecule has 0 aliphatic carbocycles. The number of rotatable bonds is 6. The average molecular weight is 244 g/mol. The van der Waals surface area contributed by atoms with Gasteiger partial charge in [0.25, 0.3) is 0 Å². The van der Waals surface area contributed by atoms with Crippen molar-refractivity contribution in [2.75, 3.05) is 0 Å². The van der Waals surface area contributed by atoms with Crippen molar-refractivity contribution in [3.8, 4) is 0 Å². The average Bonchev–Trinajstić information content (AvgIpc) is 2.86. The van der Waals surface area contributed by atoms with Crippen LogP contribution in [0.15, 0.2) is 30.7 Å². The van der Waals surface area contributed by atoms with Gasteiger partial charge >= 0.3 is 0 Å². The predicted molar refractivity (Wildman–Crippen MR) is 67.2 cm³/mol. The van der Waals surface area contributed by atoms with Crippen molar-refractivity contribution in [3.63, 3.8) is 0 Å². The van der Waals surface area contributed by atoms with Gasteiger partial charge in [0.05, 0.1) is 6.20 Å². The summed E-state index contributed by atoms with van der Waals surface area (Å²) in [6.45, 7) is 2.78. The smallest absolute Gasteiger partial charge is 0.182 e. The van der Waals surface area contributed by atoms with Crippen LogP contribution >= 0.6 is 0 Å². The van der Waals surface area contributed by atoms with Gasteiger partial charge in [-0.25, -0.2) is 4.68 Å². The Balaban J connectivity index is 1.97. The number of Topliss-reactive ketones (excluding diaryl/α,β-unsaturated/α-hetero) is 1. The molecular weight excluding hydrogens is 228 g/mol. The monoisotopic (exact) mass is 244 g/mol. The molecule has 0 fully saturated rings. The number of pyridine rings is 1. The minimum absolute atomic E-state index is 0.0808. The first-order valence-corrected chi connectivity index (χ1v) is 6.12. The summed E-state index contributed by atoms with van der Waals surface area (Å²) < 4.78 is 1.67. The highest BCUT2D eigenvalue weighted by Crippen LogP contribution is 2.07. The maximum Gasteiger partial charge on any atom is 0.182 e. The zero-order valence-electron chi connectivity index (χ0n) is 10.4. The Kier molecular flexibility index (Phi) is 4.17. The molecule has 0 aliphatic rings. The zero-order chi connectivity index (χ0) is 12.8. The summed E-state index contributed by atoms with van der Waals surface area (Å²) in [6, 6.07) is 3.85. The van der Waals surface area contributed by atoms with E-state index in [4.69, 9.17) is 0 Å². The summed E-state index contributed by atoms with van der Waals surface area (Å²) >= 11 is 0. The maximum absolute atomic E-state index is 12.1. The minimum Gasteiger partial charge on any atom is -0.292 e. The van der Waals surface area contributed by atoms with Gasteiger partial charge in [-0.1, -0.05) is 18.2 Å². The van der Waals surface area contributed by atoms with E-state index in [0.29, 0.717) is 18.5 Å². The summed E-state index contributed by atoms with van der Waals surface area (Å²) in [6.07, 6.45) is 7.15. The van der Waals surface area contributed by atoms with Gasteiger partial charge < -0.3 is 0 Å². The van der Waals surface area contributed by atoms with E-state index in [1.165, 1.54) is 0 Å². The number of carbonyl (C=O) groups excluding carboxylic acids is 1. The normalized spacial score (nSPS) is 10.5. The lowest BCUT2D eigenvalue weighted by Gasteiger charge is -2.03. The van der Waals surface area contributed by atoms with Crippen molar-refractivity contribution in [1.29, 1.82) is 0 Å². The van der Waals surface area contributed by atoms with Crippen molar-refractivity contribution in [2.24, 2.45) is 0 Å². The molecule has 5 nitrogen and oxygen atoms in total. The first-order valence-electron chi connectivity index (χ1n) is 6.12. The van der Waals surface area contributed by atoms with Crippen molar-refractivity contribution < 1.29 is 4.79 Å². The molecule has 0 N–H and O–H groups in total. The molecule has 0 aromatic carbocycles. The molecule has 0 spiro atoms. The standard InChI is InChI=1S/C13H16N4O/c1-2-8-17-12(10-15-16-17)13(18)6-5-11-4-3-7-14-9-11/h3-4,7,9-10H,2,5-6,8H2,1H3. The SMILES string of the molecule is CCCn1nncc1C(=O)CCc1cccnc1. The molecule has 0 aliphatic heterocycles. The van der Waals surface area contributed by atoms with Gasteiger partial charge in [0.2, 0.25) is 0 Å². The van der Waals surface area contributed by atoms with E-state index < -0.39 is 0 Å². The number of hydrogen-bond acceptors (Lipinski definition) is 4. The summed E-state index contributed by atoms with van der Waals surface area (Å²) in [5.74, 6) is 0.0808. The highest BCUT2D eigenvalue weighted by molar-refractivity contribution is 5.94. The third kappa shape index (κ3) is 3.00. The number of ketones is 1. The van der Waals surface area contributed by atoms with Crippen LogP contribution in [0.2, 0.25) is 0 Å². The molecule has 0 amide bonds. The van der Waals surface area contributed by atoms with E-state index in [1.807, 2.05) is 19.1 Å². The lowest BCUT2D eigenvalue weighted by molar-refractivity contribution is 0.0972. The minimum atomic E-state index is 0.0808. The molecule has 0 unspecified atom stereocenters. The van der Waals surface area contributed by atoms with Crippen LogP contribution in [-0.2, 0) is 13.0 Å². The van der Waals surface area contributed by atoms with Crippen LogP contribution in [0.25, 0.3) is 0 Å². The summed E-state index contributed by atoms with van der Waals surface area (Å²) in [5.41, 5.74) is 1.67. The molecule has 5 heteroatoms. The Bertz CT molecular complexity index is 507. The van der Waals surface area contributed by atoms with Gasteiger partial charge in [0, 0.05) is 25.4 Å². The second kappa shape index (κ2) is 6.05. The number of carbonyl (C=O) groups is 1. The largest absolute Gasteiger partial charge is 0.292 e. The van der Waals surface area contributed by atoms with Crippen LogP contribution in [0.4, 0.5) is 0 Å². The van der Waals surface area contributed by atoms with Gasteiger partial charge in [-0.05, 0) is 24.5 Å². The fourth-order valence-corrected chi connectivity index (χ4v) is 1.78. The first kappa shape index (κ1) is 12.4. The van der Waals surface area contributed by atoms with Crippen molar-refractivity contribution in [2.45, 2.75) is 32.7 Å². The van der Waals surface area contributed by atoms with E-state index in [1.54, 1.807) is 23.3 Å². The number of nitrogens with zero attached hydrogens (tertiary/aromatic N) is 4. The van der Waals surface area contributed by atoms with Crippen molar-refractivity contribution in [1.82, 2.24) is 20.0 Å². The van der Waals surface area contributed by atoms with Crippen LogP contribution in [0.3, 0.4) is 0 Å². The topological polar surface area (TPSA) is 60.7 Å². The summed E-state index contributed by atoms with van der Waals surface area (Å²) in [7, 11) is 0. The molecule has 0 atom stereocenters. The summed E-state index contributed by atoms with van der Waals surface area (Å²) in [4.78, 5) is 16.1. The van der Waals surface area contributed by atoms with E-state index >= 15 is 0 Å². The fourth-order valence-electron chi connectivity index (χ4n) is 1.78. The third-order valence-corrected chi connectivity index (χ3v) is 2.70. The summed E-state index contributed by atoms with van der Waals surface area (Å²) in [5, 5.41) is 7.71. The van der Waals surface area contributed by atoms with Crippen LogP contribution in [-0.4, -0.2) is 25.8 Å². The van der Waals surface area contributed by atoms with Gasteiger partial charge in [-0.15, -0.1) is 5.10 Å². The van der Waals surface area contributed by atoms with E-state index in [-0.39, 0.29) is 5.78 Å². The lowest BCUT2D eigenvalue weighted by Crippen LogP contribution is -2.11. The van der Waals surface area contributed by atoms with Gasteiger partial charge in [0.1, 0.15) is 5.69 Å². The highest BCUT2D eigenvalue weighted by atomic mass is 16.1. The molecule has 0 saturated heterocycles. The number of hydrogen-bond donors (Lipinski definition) is 0. The van der Waals surface area contributed by atoms with Crippen LogP contribution in [0.5, 0.6) is 0 Å². The molecule has 18 heavy (non-hydrogen) atoms. The van der Waals surface area contributed by atoms with E-state index in [2.05, 4.69) is 15.3 Å². The Morgan fingerprint density at radius 3 is 3.00 bits per heavy atom. The number of aryl methyl sites for hydroxylation is 2. The van der Waals surface area contributed by atoms with Crippen LogP contribution < -0.4 is 0 Å². The Morgan fingerprint density at radius 1 is 1.39 bits per heavy atom. The second-order valence-electron chi connectivity index (χ2n) is 4.13. The maximum atomic E-state index is 12.1. The Hall–Kier alpha value is -2.04. The van der Waals surface area contributed by atoms with Gasteiger partial charge in [0.15, 0.2) is 5.78 Å². The zero-order valence-corrected chi connectivity index (χ0v) is 10.4. The molecule has 94 valence electrons. The second-order valence-corrected chi connectivity index (χ2v) is 4.13.